The maximum Gasteiger partial charge on any atom is 0.0393 e. The van der Waals surface area contributed by atoms with E-state index in [2.05, 4.69) is 103 Å². The average molecular weight is 395 g/mol. The Morgan fingerprint density at radius 2 is 1.33 bits per heavy atom. The monoisotopic (exact) mass is 394 g/mol. The SMILES string of the molecule is Cc1ccc(C)c(S/C(=C(\Br)c2ccccc2)c2ccccc2)c1. The van der Waals surface area contributed by atoms with Crippen LogP contribution >= 0.6 is 27.7 Å². The topological polar surface area (TPSA) is 0 Å². The van der Waals surface area contributed by atoms with Gasteiger partial charge in [0.1, 0.15) is 0 Å². The predicted molar refractivity (Wildman–Crippen MR) is 110 cm³/mol. The fourth-order valence-corrected chi connectivity index (χ4v) is 4.35. The lowest BCUT2D eigenvalue weighted by Gasteiger charge is -2.14. The van der Waals surface area contributed by atoms with Gasteiger partial charge in [0.2, 0.25) is 0 Å². The van der Waals surface area contributed by atoms with E-state index in [9.17, 15) is 0 Å². The van der Waals surface area contributed by atoms with Gasteiger partial charge >= 0.3 is 0 Å². The predicted octanol–water partition coefficient (Wildman–Crippen LogP) is 7.32. The molecule has 0 heterocycles. The zero-order chi connectivity index (χ0) is 16.9. The minimum absolute atomic E-state index is 1.13. The van der Waals surface area contributed by atoms with E-state index in [1.54, 1.807) is 0 Å². The molecule has 0 radical (unpaired) electrons. The van der Waals surface area contributed by atoms with Gasteiger partial charge in [-0.2, -0.15) is 0 Å². The summed E-state index contributed by atoms with van der Waals surface area (Å²) in [6, 6.07) is 27.6. The van der Waals surface area contributed by atoms with Crippen LogP contribution in [0.4, 0.5) is 0 Å². The number of thioether (sulfide) groups is 1. The van der Waals surface area contributed by atoms with Crippen LogP contribution in [-0.2, 0) is 0 Å². The maximum absolute atomic E-state index is 3.85. The van der Waals surface area contributed by atoms with Crippen LogP contribution in [0.25, 0.3) is 9.39 Å². The second-order valence-electron chi connectivity index (χ2n) is 5.75. The number of rotatable bonds is 4. The first-order chi connectivity index (χ1) is 11.6. The van der Waals surface area contributed by atoms with Gasteiger partial charge in [0.15, 0.2) is 0 Å². The number of hydrogen-bond donors (Lipinski definition) is 0. The molecule has 3 rings (SSSR count). The quantitative estimate of drug-likeness (QED) is 0.330. The highest BCUT2D eigenvalue weighted by atomic mass is 79.9. The van der Waals surface area contributed by atoms with Crippen molar-refractivity contribution in [2.45, 2.75) is 18.7 Å². The van der Waals surface area contributed by atoms with Crippen LogP contribution in [0.15, 0.2) is 83.8 Å². The maximum atomic E-state index is 3.85. The highest BCUT2D eigenvalue weighted by Crippen LogP contribution is 2.43. The highest BCUT2D eigenvalue weighted by molar-refractivity contribution is 9.15. The van der Waals surface area contributed by atoms with Gasteiger partial charge in [0.25, 0.3) is 0 Å². The van der Waals surface area contributed by atoms with Crippen molar-refractivity contribution < 1.29 is 0 Å². The Balaban J connectivity index is 2.11. The van der Waals surface area contributed by atoms with Crippen molar-refractivity contribution >= 4 is 37.1 Å². The van der Waals surface area contributed by atoms with Crippen molar-refractivity contribution in [1.82, 2.24) is 0 Å². The van der Waals surface area contributed by atoms with Crippen LogP contribution in [0.3, 0.4) is 0 Å². The van der Waals surface area contributed by atoms with Gasteiger partial charge in [-0.25, -0.2) is 0 Å². The summed E-state index contributed by atoms with van der Waals surface area (Å²) in [5.74, 6) is 0. The summed E-state index contributed by atoms with van der Waals surface area (Å²) in [5, 5.41) is 0. The zero-order valence-electron chi connectivity index (χ0n) is 13.8. The van der Waals surface area contributed by atoms with Gasteiger partial charge in [-0.3, -0.25) is 0 Å². The van der Waals surface area contributed by atoms with Crippen LogP contribution in [-0.4, -0.2) is 0 Å². The molecule has 0 N–H and O–H groups in total. The van der Waals surface area contributed by atoms with Gasteiger partial charge < -0.3 is 0 Å². The molecular formula is C22H19BrS. The van der Waals surface area contributed by atoms with Crippen LogP contribution in [0.5, 0.6) is 0 Å². The van der Waals surface area contributed by atoms with Gasteiger partial charge in [-0.05, 0) is 58.1 Å². The highest BCUT2D eigenvalue weighted by Gasteiger charge is 2.12. The van der Waals surface area contributed by atoms with E-state index < -0.39 is 0 Å². The first kappa shape index (κ1) is 17.1. The van der Waals surface area contributed by atoms with E-state index in [0.717, 1.165) is 4.48 Å². The number of aryl methyl sites for hydroxylation is 2. The van der Waals surface area contributed by atoms with Gasteiger partial charge in [0, 0.05) is 14.3 Å². The second kappa shape index (κ2) is 7.87. The molecule has 120 valence electrons. The Hall–Kier alpha value is -1.77. The Kier molecular flexibility index (Phi) is 5.60. The normalized spacial score (nSPS) is 12.0. The third-order valence-corrected chi connectivity index (χ3v) is 6.24. The zero-order valence-corrected chi connectivity index (χ0v) is 16.2. The molecule has 0 aliphatic carbocycles. The lowest BCUT2D eigenvalue weighted by Crippen LogP contribution is -1.87. The number of halogens is 1. The molecule has 0 aromatic heterocycles. The van der Waals surface area contributed by atoms with E-state index in [1.807, 2.05) is 17.8 Å². The third kappa shape index (κ3) is 4.00. The molecular weight excluding hydrogens is 376 g/mol. The number of benzene rings is 3. The molecule has 0 fully saturated rings. The van der Waals surface area contributed by atoms with Gasteiger partial charge in [-0.15, -0.1) is 0 Å². The molecule has 24 heavy (non-hydrogen) atoms. The van der Waals surface area contributed by atoms with Crippen molar-refractivity contribution in [2.75, 3.05) is 0 Å². The van der Waals surface area contributed by atoms with E-state index >= 15 is 0 Å². The van der Waals surface area contributed by atoms with Crippen molar-refractivity contribution in [2.24, 2.45) is 0 Å². The molecule has 0 bridgehead atoms. The Morgan fingerprint density at radius 1 is 0.750 bits per heavy atom. The van der Waals surface area contributed by atoms with Crippen LogP contribution in [0, 0.1) is 13.8 Å². The van der Waals surface area contributed by atoms with Crippen molar-refractivity contribution in [3.8, 4) is 0 Å². The fraction of sp³-hybridized carbons (Fsp3) is 0.0909. The molecule has 0 aliphatic rings. The van der Waals surface area contributed by atoms with Crippen molar-refractivity contribution in [1.29, 1.82) is 0 Å². The molecule has 3 aromatic rings. The lowest BCUT2D eigenvalue weighted by atomic mass is 10.1. The molecule has 0 aliphatic heterocycles. The largest absolute Gasteiger partial charge is 0.0880 e. The smallest absolute Gasteiger partial charge is 0.0393 e. The van der Waals surface area contributed by atoms with Crippen LogP contribution < -0.4 is 0 Å². The van der Waals surface area contributed by atoms with Crippen LogP contribution in [0.1, 0.15) is 22.3 Å². The Bertz CT molecular complexity index is 852. The van der Waals surface area contributed by atoms with E-state index in [-0.39, 0.29) is 0 Å². The first-order valence-corrected chi connectivity index (χ1v) is 9.52. The Labute approximate surface area is 156 Å². The summed E-state index contributed by atoms with van der Waals surface area (Å²) < 4.78 is 1.13. The summed E-state index contributed by atoms with van der Waals surface area (Å²) >= 11 is 5.67. The van der Waals surface area contributed by atoms with Crippen LogP contribution in [0.2, 0.25) is 0 Å². The van der Waals surface area contributed by atoms with E-state index in [4.69, 9.17) is 0 Å². The van der Waals surface area contributed by atoms with Crippen molar-refractivity contribution in [3.05, 3.63) is 101 Å². The fourth-order valence-electron chi connectivity index (χ4n) is 2.46. The van der Waals surface area contributed by atoms with Gasteiger partial charge in [0.05, 0.1) is 0 Å². The molecule has 0 spiro atoms. The summed E-state index contributed by atoms with van der Waals surface area (Å²) in [6.45, 7) is 4.31. The second-order valence-corrected chi connectivity index (χ2v) is 7.59. The molecule has 0 saturated carbocycles. The average Bonchev–Trinajstić information content (AvgIpc) is 2.63. The molecule has 0 nitrogen and oxygen atoms in total. The summed E-state index contributed by atoms with van der Waals surface area (Å²) in [7, 11) is 0. The van der Waals surface area contributed by atoms with E-state index in [1.165, 1.54) is 32.1 Å². The molecule has 0 saturated heterocycles. The third-order valence-electron chi connectivity index (χ3n) is 3.82. The molecule has 0 atom stereocenters. The summed E-state index contributed by atoms with van der Waals surface area (Å²) in [4.78, 5) is 2.53. The molecule has 0 amide bonds. The Morgan fingerprint density at radius 3 is 1.96 bits per heavy atom. The first-order valence-electron chi connectivity index (χ1n) is 7.91. The minimum atomic E-state index is 1.13. The number of hydrogen-bond acceptors (Lipinski definition) is 1. The van der Waals surface area contributed by atoms with E-state index in [0.29, 0.717) is 0 Å². The van der Waals surface area contributed by atoms with Crippen molar-refractivity contribution in [3.63, 3.8) is 0 Å². The summed E-state index contributed by atoms with van der Waals surface area (Å²) in [6.07, 6.45) is 0. The molecule has 0 unspecified atom stereocenters. The lowest BCUT2D eigenvalue weighted by molar-refractivity contribution is 1.27. The standard InChI is InChI=1S/C22H19BrS/c1-16-13-14-17(2)20(15-16)24-22(19-11-7-4-8-12-19)21(23)18-9-5-3-6-10-18/h3-15H,1-2H3/b22-21-. The minimum Gasteiger partial charge on any atom is -0.0880 e. The molecule has 2 heteroatoms. The molecule has 3 aromatic carbocycles. The van der Waals surface area contributed by atoms with Gasteiger partial charge in [-0.1, -0.05) is 84.6 Å². The summed E-state index contributed by atoms with van der Waals surface area (Å²) in [5.41, 5.74) is 4.99.